The number of halogens is 2. The number of likely N-dealkylation sites (N-methyl/N-ethyl adjacent to an activating group) is 1. The summed E-state index contributed by atoms with van der Waals surface area (Å²) < 4.78 is 0. The number of amides is 1. The fourth-order valence-corrected chi connectivity index (χ4v) is 1.99. The van der Waals surface area contributed by atoms with E-state index >= 15 is 0 Å². The Morgan fingerprint density at radius 2 is 1.73 bits per heavy atom. The summed E-state index contributed by atoms with van der Waals surface area (Å²) in [6, 6.07) is 4.47. The van der Waals surface area contributed by atoms with Gasteiger partial charge in [-0.25, -0.2) is 0 Å². The quantitative estimate of drug-likeness (QED) is 0.888. The van der Waals surface area contributed by atoms with Crippen LogP contribution in [0, 0.1) is 0 Å². The van der Waals surface area contributed by atoms with Gasteiger partial charge in [0.2, 0.25) is 5.91 Å². The molecule has 1 aromatic carbocycles. The Kier molecular flexibility index (Phi) is 3.97. The summed E-state index contributed by atoms with van der Waals surface area (Å²) in [5.74, 6) is -0.432. The van der Waals surface area contributed by atoms with Crippen LogP contribution >= 0.6 is 23.2 Å². The third-order valence-corrected chi connectivity index (χ3v) is 2.42. The zero-order valence-corrected chi connectivity index (χ0v) is 10.0. The first-order valence-corrected chi connectivity index (χ1v) is 5.09. The van der Waals surface area contributed by atoms with Gasteiger partial charge in [0.25, 0.3) is 0 Å². The number of carbonyl (C=O) groups is 1. The summed E-state index contributed by atoms with van der Waals surface area (Å²) in [5.41, 5.74) is 6.00. The molecule has 3 nitrogen and oxygen atoms in total. The third kappa shape index (κ3) is 3.09. The van der Waals surface area contributed by atoms with Gasteiger partial charge < -0.3 is 5.73 Å². The molecule has 0 aliphatic carbocycles. The molecule has 1 atom stereocenters. The van der Waals surface area contributed by atoms with Crippen LogP contribution in [0.4, 0.5) is 0 Å². The molecule has 15 heavy (non-hydrogen) atoms. The highest BCUT2D eigenvalue weighted by Gasteiger charge is 2.20. The lowest BCUT2D eigenvalue weighted by Gasteiger charge is -2.21. The van der Waals surface area contributed by atoms with Gasteiger partial charge in [-0.15, -0.1) is 0 Å². The molecular formula is C10H12Cl2N2O. The van der Waals surface area contributed by atoms with E-state index in [0.717, 1.165) is 0 Å². The van der Waals surface area contributed by atoms with Crippen molar-refractivity contribution in [2.45, 2.75) is 6.04 Å². The van der Waals surface area contributed by atoms with Crippen molar-refractivity contribution < 1.29 is 4.79 Å². The molecule has 0 bridgehead atoms. The second kappa shape index (κ2) is 4.84. The van der Waals surface area contributed by atoms with Gasteiger partial charge in [0.15, 0.2) is 0 Å². The molecule has 5 heteroatoms. The number of nitrogens with two attached hydrogens (primary N) is 1. The van der Waals surface area contributed by atoms with Gasteiger partial charge in [-0.05, 0) is 37.9 Å². The number of primary amides is 1. The minimum absolute atomic E-state index is 0.432. The van der Waals surface area contributed by atoms with E-state index in [1.54, 1.807) is 37.2 Å². The molecular weight excluding hydrogens is 235 g/mol. The van der Waals surface area contributed by atoms with Gasteiger partial charge in [-0.3, -0.25) is 9.69 Å². The first kappa shape index (κ1) is 12.3. The van der Waals surface area contributed by atoms with E-state index in [9.17, 15) is 4.79 Å². The van der Waals surface area contributed by atoms with Crippen LogP contribution in [0.25, 0.3) is 0 Å². The van der Waals surface area contributed by atoms with Crippen LogP contribution in [0.15, 0.2) is 18.2 Å². The van der Waals surface area contributed by atoms with Crippen molar-refractivity contribution >= 4 is 29.1 Å². The third-order valence-electron chi connectivity index (χ3n) is 1.99. The van der Waals surface area contributed by atoms with Crippen LogP contribution in [0.1, 0.15) is 11.6 Å². The number of benzene rings is 1. The second-order valence-corrected chi connectivity index (χ2v) is 4.34. The maximum Gasteiger partial charge on any atom is 0.239 e. The highest BCUT2D eigenvalue weighted by Crippen LogP contribution is 2.25. The number of hydrogen-bond acceptors (Lipinski definition) is 2. The van der Waals surface area contributed by atoms with Gasteiger partial charge in [-0.1, -0.05) is 23.2 Å². The Hall–Kier alpha value is -0.770. The van der Waals surface area contributed by atoms with E-state index in [2.05, 4.69) is 0 Å². The molecule has 1 aromatic rings. The summed E-state index contributed by atoms with van der Waals surface area (Å²) >= 11 is 11.7. The largest absolute Gasteiger partial charge is 0.368 e. The fourth-order valence-electron chi connectivity index (χ4n) is 1.45. The van der Waals surface area contributed by atoms with Crippen LogP contribution in [0.3, 0.4) is 0 Å². The molecule has 2 N–H and O–H groups in total. The van der Waals surface area contributed by atoms with Gasteiger partial charge in [-0.2, -0.15) is 0 Å². The summed E-state index contributed by atoms with van der Waals surface area (Å²) in [6.07, 6.45) is 0. The van der Waals surface area contributed by atoms with E-state index in [1.165, 1.54) is 0 Å². The molecule has 1 unspecified atom stereocenters. The first-order chi connectivity index (χ1) is 6.91. The monoisotopic (exact) mass is 246 g/mol. The lowest BCUT2D eigenvalue weighted by atomic mass is 10.1. The molecule has 0 radical (unpaired) electrons. The minimum Gasteiger partial charge on any atom is -0.368 e. The SMILES string of the molecule is CN(C)C(C(N)=O)c1cc(Cl)cc(Cl)c1. The number of nitrogens with zero attached hydrogens (tertiary/aromatic N) is 1. The smallest absolute Gasteiger partial charge is 0.239 e. The van der Waals surface area contributed by atoms with Crippen molar-refractivity contribution in [2.24, 2.45) is 5.73 Å². The van der Waals surface area contributed by atoms with Crippen LogP contribution in [0.5, 0.6) is 0 Å². The molecule has 0 saturated carbocycles. The highest BCUT2D eigenvalue weighted by atomic mass is 35.5. The first-order valence-electron chi connectivity index (χ1n) is 4.33. The zero-order chi connectivity index (χ0) is 11.6. The van der Waals surface area contributed by atoms with Crippen molar-refractivity contribution in [3.05, 3.63) is 33.8 Å². The van der Waals surface area contributed by atoms with Gasteiger partial charge in [0, 0.05) is 10.0 Å². The van der Waals surface area contributed by atoms with Crippen molar-refractivity contribution in [3.8, 4) is 0 Å². The molecule has 82 valence electrons. The molecule has 1 amide bonds. The molecule has 0 aromatic heterocycles. The number of rotatable bonds is 3. The Labute approximate surface area is 98.8 Å². The molecule has 0 aliphatic rings. The van der Waals surface area contributed by atoms with Crippen molar-refractivity contribution in [1.29, 1.82) is 0 Å². The normalized spacial score (nSPS) is 12.9. The second-order valence-electron chi connectivity index (χ2n) is 3.47. The Bertz CT molecular complexity index is 359. The van der Waals surface area contributed by atoms with E-state index < -0.39 is 11.9 Å². The lowest BCUT2D eigenvalue weighted by Crippen LogP contribution is -2.32. The topological polar surface area (TPSA) is 46.3 Å². The van der Waals surface area contributed by atoms with Crippen LogP contribution in [-0.4, -0.2) is 24.9 Å². The average Bonchev–Trinajstić information content (AvgIpc) is 1.99. The standard InChI is InChI=1S/C10H12Cl2N2O/c1-14(2)9(10(13)15)6-3-7(11)5-8(12)4-6/h3-5,9H,1-2H3,(H2,13,15). The van der Waals surface area contributed by atoms with E-state index in [0.29, 0.717) is 15.6 Å². The summed E-state index contributed by atoms with van der Waals surface area (Å²) in [6.45, 7) is 0. The molecule has 0 fully saturated rings. The summed E-state index contributed by atoms with van der Waals surface area (Å²) in [5, 5.41) is 0.983. The Morgan fingerprint density at radius 3 is 2.07 bits per heavy atom. The molecule has 1 rings (SSSR count). The maximum atomic E-state index is 11.3. The Balaban J connectivity index is 3.17. The van der Waals surface area contributed by atoms with Crippen molar-refractivity contribution in [1.82, 2.24) is 4.90 Å². The lowest BCUT2D eigenvalue weighted by molar-refractivity contribution is -0.122. The van der Waals surface area contributed by atoms with Gasteiger partial charge >= 0.3 is 0 Å². The fraction of sp³-hybridized carbons (Fsp3) is 0.300. The Morgan fingerprint density at radius 1 is 1.27 bits per heavy atom. The van der Waals surface area contributed by atoms with E-state index in [4.69, 9.17) is 28.9 Å². The van der Waals surface area contributed by atoms with Gasteiger partial charge in [0.1, 0.15) is 6.04 Å². The van der Waals surface area contributed by atoms with Crippen molar-refractivity contribution in [3.63, 3.8) is 0 Å². The van der Waals surface area contributed by atoms with Crippen molar-refractivity contribution in [2.75, 3.05) is 14.1 Å². The summed E-state index contributed by atoms with van der Waals surface area (Å²) in [4.78, 5) is 13.0. The van der Waals surface area contributed by atoms with E-state index in [-0.39, 0.29) is 0 Å². The minimum atomic E-state index is -0.513. The van der Waals surface area contributed by atoms with Crippen LogP contribution in [0.2, 0.25) is 10.0 Å². The zero-order valence-electron chi connectivity index (χ0n) is 8.50. The number of hydrogen-bond donors (Lipinski definition) is 1. The van der Waals surface area contributed by atoms with E-state index in [1.807, 2.05) is 0 Å². The predicted molar refractivity (Wildman–Crippen MR) is 62.1 cm³/mol. The highest BCUT2D eigenvalue weighted by molar-refractivity contribution is 6.34. The molecule has 0 heterocycles. The predicted octanol–water partition coefficient (Wildman–Crippen LogP) is 2.08. The summed E-state index contributed by atoms with van der Waals surface area (Å²) in [7, 11) is 3.54. The maximum absolute atomic E-state index is 11.3. The molecule has 0 aliphatic heterocycles. The molecule has 0 saturated heterocycles. The average molecular weight is 247 g/mol. The number of carbonyl (C=O) groups excluding carboxylic acids is 1. The van der Waals surface area contributed by atoms with Crippen LogP contribution < -0.4 is 5.73 Å². The molecule has 0 spiro atoms. The van der Waals surface area contributed by atoms with Crippen LogP contribution in [-0.2, 0) is 4.79 Å². The van der Waals surface area contributed by atoms with Gasteiger partial charge in [0.05, 0.1) is 0 Å².